The van der Waals surface area contributed by atoms with Gasteiger partial charge in [-0.2, -0.15) is 0 Å². The number of nitrogens with zero attached hydrogens (tertiary/aromatic N) is 1. The predicted octanol–water partition coefficient (Wildman–Crippen LogP) is 3.28. The number of aryl methyl sites for hydroxylation is 3. The van der Waals surface area contributed by atoms with Gasteiger partial charge in [-0.25, -0.2) is 4.79 Å². The Labute approximate surface area is 138 Å². The second kappa shape index (κ2) is 6.31. The lowest BCUT2D eigenvalue weighted by Crippen LogP contribution is -2.12. The molecule has 0 saturated carbocycles. The minimum atomic E-state index is -0.401. The summed E-state index contributed by atoms with van der Waals surface area (Å²) in [5.41, 5.74) is 3.27. The Balaban J connectivity index is 1.72. The van der Waals surface area contributed by atoms with E-state index in [2.05, 4.69) is 10.5 Å². The summed E-state index contributed by atoms with van der Waals surface area (Å²) in [5.74, 6) is 0.618. The second-order valence-corrected chi connectivity index (χ2v) is 5.81. The van der Waals surface area contributed by atoms with Gasteiger partial charge in [-0.15, -0.1) is 0 Å². The number of hydrogen-bond acceptors (Lipinski definition) is 5. The highest BCUT2D eigenvalue weighted by Crippen LogP contribution is 2.21. The summed E-state index contributed by atoms with van der Waals surface area (Å²) in [6.45, 7) is 5.54. The van der Waals surface area contributed by atoms with E-state index in [-0.39, 0.29) is 5.91 Å². The Morgan fingerprint density at radius 3 is 2.71 bits per heavy atom. The van der Waals surface area contributed by atoms with Crippen LogP contribution in [-0.2, 0) is 11.2 Å². The topological polar surface area (TPSA) is 85.3 Å². The van der Waals surface area contributed by atoms with E-state index in [9.17, 15) is 9.59 Å². The van der Waals surface area contributed by atoms with Gasteiger partial charge < -0.3 is 14.3 Å². The van der Waals surface area contributed by atoms with E-state index < -0.39 is 5.63 Å². The SMILES string of the molecule is Cc1noc(C)c1CCC(=O)Nc1ccc2c(C)cc(=O)oc2c1. The Bertz CT molecular complexity index is 949. The van der Waals surface area contributed by atoms with Crippen LogP contribution in [0.2, 0.25) is 0 Å². The Kier molecular flexibility index (Phi) is 4.20. The second-order valence-electron chi connectivity index (χ2n) is 5.81. The van der Waals surface area contributed by atoms with Crippen molar-refractivity contribution in [1.29, 1.82) is 0 Å². The van der Waals surface area contributed by atoms with Crippen molar-refractivity contribution in [3.63, 3.8) is 0 Å². The maximum absolute atomic E-state index is 12.1. The summed E-state index contributed by atoms with van der Waals surface area (Å²) < 4.78 is 10.3. The molecule has 0 aliphatic carbocycles. The number of fused-ring (bicyclic) bond motifs is 1. The van der Waals surface area contributed by atoms with Crippen LogP contribution >= 0.6 is 0 Å². The van der Waals surface area contributed by atoms with Crippen LogP contribution < -0.4 is 10.9 Å². The highest BCUT2D eigenvalue weighted by Gasteiger charge is 2.12. The fourth-order valence-electron chi connectivity index (χ4n) is 2.72. The normalized spacial score (nSPS) is 11.0. The molecule has 124 valence electrons. The fraction of sp³-hybridized carbons (Fsp3) is 0.278. The maximum Gasteiger partial charge on any atom is 0.336 e. The van der Waals surface area contributed by atoms with Crippen LogP contribution in [0.25, 0.3) is 11.0 Å². The molecule has 1 amide bonds. The van der Waals surface area contributed by atoms with Crippen molar-refractivity contribution in [3.05, 3.63) is 57.3 Å². The van der Waals surface area contributed by atoms with E-state index in [0.29, 0.717) is 24.1 Å². The first-order valence-electron chi connectivity index (χ1n) is 7.70. The average molecular weight is 326 g/mol. The van der Waals surface area contributed by atoms with Crippen LogP contribution in [0.5, 0.6) is 0 Å². The molecule has 0 radical (unpaired) electrons. The van der Waals surface area contributed by atoms with E-state index >= 15 is 0 Å². The van der Waals surface area contributed by atoms with Gasteiger partial charge in [0.2, 0.25) is 5.91 Å². The molecule has 0 saturated heterocycles. The zero-order valence-corrected chi connectivity index (χ0v) is 13.8. The molecule has 0 bridgehead atoms. The summed E-state index contributed by atoms with van der Waals surface area (Å²) in [5, 5.41) is 7.55. The molecule has 0 aliphatic heterocycles. The smallest absolute Gasteiger partial charge is 0.336 e. The summed E-state index contributed by atoms with van der Waals surface area (Å²) >= 11 is 0. The van der Waals surface area contributed by atoms with Gasteiger partial charge in [-0.05, 0) is 44.9 Å². The van der Waals surface area contributed by atoms with Gasteiger partial charge in [0.1, 0.15) is 11.3 Å². The number of rotatable bonds is 4. The van der Waals surface area contributed by atoms with Crippen molar-refractivity contribution in [1.82, 2.24) is 5.16 Å². The van der Waals surface area contributed by atoms with Crippen molar-refractivity contribution in [3.8, 4) is 0 Å². The fourth-order valence-corrected chi connectivity index (χ4v) is 2.72. The molecule has 3 aromatic rings. The van der Waals surface area contributed by atoms with Crippen LogP contribution in [0.4, 0.5) is 5.69 Å². The summed E-state index contributed by atoms with van der Waals surface area (Å²) in [6.07, 6.45) is 0.882. The van der Waals surface area contributed by atoms with Gasteiger partial charge in [0.05, 0.1) is 5.69 Å². The van der Waals surface area contributed by atoms with Crippen molar-refractivity contribution in [2.24, 2.45) is 0 Å². The molecule has 0 atom stereocenters. The minimum absolute atomic E-state index is 0.121. The lowest BCUT2D eigenvalue weighted by molar-refractivity contribution is -0.116. The summed E-state index contributed by atoms with van der Waals surface area (Å²) in [6, 6.07) is 6.74. The number of carbonyl (C=O) groups excluding carboxylic acids is 1. The van der Waals surface area contributed by atoms with Gasteiger partial charge in [0.25, 0.3) is 0 Å². The third kappa shape index (κ3) is 3.22. The van der Waals surface area contributed by atoms with Crippen molar-refractivity contribution in [2.75, 3.05) is 5.32 Å². The Morgan fingerprint density at radius 1 is 1.21 bits per heavy atom. The molecule has 6 nitrogen and oxygen atoms in total. The number of nitrogens with one attached hydrogen (secondary N) is 1. The number of hydrogen-bond donors (Lipinski definition) is 1. The largest absolute Gasteiger partial charge is 0.423 e. The third-order valence-electron chi connectivity index (χ3n) is 4.02. The molecule has 1 N–H and O–H groups in total. The first-order valence-corrected chi connectivity index (χ1v) is 7.70. The number of carbonyl (C=O) groups is 1. The van der Waals surface area contributed by atoms with Crippen LogP contribution in [0.1, 0.15) is 29.0 Å². The molecule has 2 aromatic heterocycles. The molecule has 0 spiro atoms. The maximum atomic E-state index is 12.1. The number of anilines is 1. The quantitative estimate of drug-likeness (QED) is 0.744. The van der Waals surface area contributed by atoms with Gasteiger partial charge in [-0.1, -0.05) is 5.16 Å². The monoisotopic (exact) mass is 326 g/mol. The summed E-state index contributed by atoms with van der Waals surface area (Å²) in [7, 11) is 0. The van der Waals surface area contributed by atoms with E-state index in [1.807, 2.05) is 26.8 Å². The highest BCUT2D eigenvalue weighted by molar-refractivity contribution is 5.93. The highest BCUT2D eigenvalue weighted by atomic mass is 16.5. The van der Waals surface area contributed by atoms with Gasteiger partial charge in [0, 0.05) is 35.2 Å². The number of benzene rings is 1. The molecule has 1 aromatic carbocycles. The molecule has 3 rings (SSSR count). The standard InChI is InChI=1S/C18H18N2O4/c1-10-8-18(22)23-16-9-13(4-5-14(10)16)19-17(21)7-6-15-11(2)20-24-12(15)3/h4-5,8-9H,6-7H2,1-3H3,(H,19,21). The molecule has 2 heterocycles. The van der Waals surface area contributed by atoms with Crippen LogP contribution in [-0.4, -0.2) is 11.1 Å². The lowest BCUT2D eigenvalue weighted by atomic mass is 10.1. The molecule has 24 heavy (non-hydrogen) atoms. The zero-order valence-electron chi connectivity index (χ0n) is 13.8. The van der Waals surface area contributed by atoms with Gasteiger partial charge in [-0.3, -0.25) is 4.79 Å². The molecular weight excluding hydrogens is 308 g/mol. The summed E-state index contributed by atoms with van der Waals surface area (Å²) in [4.78, 5) is 23.6. The first-order chi connectivity index (χ1) is 11.4. The molecule has 0 unspecified atom stereocenters. The first kappa shape index (κ1) is 16.0. The predicted molar refractivity (Wildman–Crippen MR) is 90.1 cm³/mol. The number of amides is 1. The van der Waals surface area contributed by atoms with E-state index in [4.69, 9.17) is 8.94 Å². The van der Waals surface area contributed by atoms with Crippen molar-refractivity contribution < 1.29 is 13.7 Å². The van der Waals surface area contributed by atoms with Crippen LogP contribution in [0, 0.1) is 20.8 Å². The van der Waals surface area contributed by atoms with Crippen LogP contribution in [0.15, 0.2) is 38.0 Å². The Morgan fingerprint density at radius 2 is 2.00 bits per heavy atom. The lowest BCUT2D eigenvalue weighted by Gasteiger charge is -2.07. The number of aromatic nitrogens is 1. The van der Waals surface area contributed by atoms with E-state index in [1.165, 1.54) is 6.07 Å². The average Bonchev–Trinajstić information content (AvgIpc) is 2.83. The van der Waals surface area contributed by atoms with E-state index in [1.54, 1.807) is 12.1 Å². The third-order valence-corrected chi connectivity index (χ3v) is 4.02. The van der Waals surface area contributed by atoms with Crippen LogP contribution in [0.3, 0.4) is 0 Å². The molecule has 6 heteroatoms. The van der Waals surface area contributed by atoms with Crippen molar-refractivity contribution >= 4 is 22.6 Å². The molecular formula is C18H18N2O4. The molecule has 0 aliphatic rings. The van der Waals surface area contributed by atoms with Gasteiger partial charge >= 0.3 is 5.63 Å². The van der Waals surface area contributed by atoms with Crippen molar-refractivity contribution in [2.45, 2.75) is 33.6 Å². The molecule has 0 fully saturated rings. The van der Waals surface area contributed by atoms with E-state index in [0.717, 1.165) is 28.0 Å². The van der Waals surface area contributed by atoms with Gasteiger partial charge in [0.15, 0.2) is 0 Å². The zero-order chi connectivity index (χ0) is 17.3. The Hall–Kier alpha value is -2.89. The minimum Gasteiger partial charge on any atom is -0.423 e.